The second kappa shape index (κ2) is 7.99. The van der Waals surface area contributed by atoms with E-state index < -0.39 is 0 Å². The summed E-state index contributed by atoms with van der Waals surface area (Å²) >= 11 is 0. The van der Waals surface area contributed by atoms with E-state index in [-0.39, 0.29) is 5.41 Å². The maximum atomic E-state index is 3.56. The Morgan fingerprint density at radius 1 is 1.00 bits per heavy atom. The third-order valence-electron chi connectivity index (χ3n) is 4.82. The monoisotopic (exact) mass is 334 g/mol. The van der Waals surface area contributed by atoms with Gasteiger partial charge >= 0.3 is 0 Å². The van der Waals surface area contributed by atoms with Crippen molar-refractivity contribution in [2.45, 2.75) is 32.7 Å². The van der Waals surface area contributed by atoms with Crippen molar-refractivity contribution >= 4 is 12.2 Å². The minimum Gasteiger partial charge on any atom is -0.316 e. The summed E-state index contributed by atoms with van der Waals surface area (Å²) in [5.74, 6) is 0.805. The zero-order valence-electron chi connectivity index (χ0n) is 15.7. The largest absolute Gasteiger partial charge is 0.316 e. The lowest BCUT2D eigenvalue weighted by atomic mass is 9.87. The molecule has 0 saturated carbocycles. The van der Waals surface area contributed by atoms with Crippen LogP contribution in [0.3, 0.4) is 0 Å². The molecule has 1 aliphatic rings. The molecule has 2 nitrogen and oxygen atoms in total. The third-order valence-corrected chi connectivity index (χ3v) is 4.82. The summed E-state index contributed by atoms with van der Waals surface area (Å²) in [6, 6.07) is 17.6. The Hall–Kier alpha value is -1.90. The zero-order valence-corrected chi connectivity index (χ0v) is 15.7. The summed E-state index contributed by atoms with van der Waals surface area (Å²) in [7, 11) is 0. The lowest BCUT2D eigenvalue weighted by Gasteiger charge is -2.27. The molecule has 1 saturated heterocycles. The molecule has 2 aromatic rings. The van der Waals surface area contributed by atoms with Crippen LogP contribution in [0, 0.1) is 5.92 Å². The third kappa shape index (κ3) is 5.29. The molecule has 1 fully saturated rings. The van der Waals surface area contributed by atoms with Crippen molar-refractivity contribution in [2.24, 2.45) is 5.92 Å². The van der Waals surface area contributed by atoms with E-state index in [1.807, 2.05) is 0 Å². The molecule has 0 amide bonds. The molecule has 2 aromatic carbocycles. The lowest BCUT2D eigenvalue weighted by Crippen LogP contribution is -2.47. The van der Waals surface area contributed by atoms with Crippen molar-refractivity contribution in [3.05, 3.63) is 70.8 Å². The van der Waals surface area contributed by atoms with Crippen LogP contribution in [0.2, 0.25) is 0 Å². The summed E-state index contributed by atoms with van der Waals surface area (Å²) in [6.45, 7) is 11.1. The van der Waals surface area contributed by atoms with Gasteiger partial charge in [-0.05, 0) is 33.6 Å². The molecule has 1 heterocycles. The molecule has 0 bridgehead atoms. The van der Waals surface area contributed by atoms with Gasteiger partial charge in [-0.25, -0.2) is 0 Å². The first kappa shape index (κ1) is 17.9. The summed E-state index contributed by atoms with van der Waals surface area (Å²) in [5.41, 5.74) is 5.43. The van der Waals surface area contributed by atoms with E-state index in [9.17, 15) is 0 Å². The Bertz CT molecular complexity index is 704. The fraction of sp³-hybridized carbons (Fsp3) is 0.391. The van der Waals surface area contributed by atoms with Gasteiger partial charge in [-0.15, -0.1) is 0 Å². The number of hydrogen-bond donors (Lipinski definition) is 2. The molecule has 0 spiro atoms. The van der Waals surface area contributed by atoms with Gasteiger partial charge in [0.1, 0.15) is 0 Å². The van der Waals surface area contributed by atoms with Crippen molar-refractivity contribution in [1.82, 2.24) is 10.6 Å². The Balaban J connectivity index is 1.58. The molecule has 0 aliphatic carbocycles. The Morgan fingerprint density at radius 3 is 2.36 bits per heavy atom. The first-order valence-electron chi connectivity index (χ1n) is 9.30. The van der Waals surface area contributed by atoms with E-state index in [0.717, 1.165) is 32.1 Å². The molecular weight excluding hydrogens is 304 g/mol. The van der Waals surface area contributed by atoms with Gasteiger partial charge < -0.3 is 10.6 Å². The lowest BCUT2D eigenvalue weighted by molar-refractivity contribution is 0.331. The smallest absolute Gasteiger partial charge is 0.0205 e. The second-order valence-corrected chi connectivity index (χ2v) is 8.11. The SMILES string of the molecule is CC(C)(C)c1ccc(/C=C/c2cccc(CNCC3CNC3)c2)cc1. The number of hydrogen-bond acceptors (Lipinski definition) is 2. The van der Waals surface area contributed by atoms with Crippen LogP contribution in [0.5, 0.6) is 0 Å². The Kier molecular flexibility index (Phi) is 5.72. The number of rotatable bonds is 6. The molecular formula is C23H30N2. The highest BCUT2D eigenvalue weighted by Gasteiger charge is 2.15. The van der Waals surface area contributed by atoms with Crippen molar-refractivity contribution in [3.8, 4) is 0 Å². The molecule has 2 N–H and O–H groups in total. The van der Waals surface area contributed by atoms with Crippen molar-refractivity contribution in [1.29, 1.82) is 0 Å². The predicted molar refractivity (Wildman–Crippen MR) is 109 cm³/mol. The molecule has 2 heteroatoms. The molecule has 25 heavy (non-hydrogen) atoms. The molecule has 0 atom stereocenters. The summed E-state index contributed by atoms with van der Waals surface area (Å²) in [5, 5.41) is 6.87. The predicted octanol–water partition coefficient (Wildman–Crippen LogP) is 4.46. The first-order chi connectivity index (χ1) is 12.0. The quantitative estimate of drug-likeness (QED) is 0.762. The standard InChI is InChI=1S/C23H30N2/c1-23(2,3)22-11-9-18(10-12-22)7-8-19-5-4-6-20(13-19)14-24-15-21-16-25-17-21/h4-13,21,24-25H,14-17H2,1-3H3/b8-7+. The van der Waals surface area contributed by atoms with Crippen LogP contribution in [0.1, 0.15) is 43.0 Å². The Morgan fingerprint density at radius 2 is 1.72 bits per heavy atom. The fourth-order valence-corrected chi connectivity index (χ4v) is 3.01. The van der Waals surface area contributed by atoms with E-state index in [1.54, 1.807) is 0 Å². The maximum absolute atomic E-state index is 3.56. The van der Waals surface area contributed by atoms with Crippen LogP contribution < -0.4 is 10.6 Å². The van der Waals surface area contributed by atoms with Crippen molar-refractivity contribution in [3.63, 3.8) is 0 Å². The summed E-state index contributed by atoms with van der Waals surface area (Å²) in [6.07, 6.45) is 4.39. The number of benzene rings is 2. The second-order valence-electron chi connectivity index (χ2n) is 8.11. The van der Waals surface area contributed by atoms with Gasteiger partial charge in [-0.1, -0.05) is 81.5 Å². The van der Waals surface area contributed by atoms with E-state index in [1.165, 1.54) is 22.3 Å². The normalized spacial score (nSPS) is 15.5. The van der Waals surface area contributed by atoms with Crippen LogP contribution in [0.4, 0.5) is 0 Å². The highest BCUT2D eigenvalue weighted by Crippen LogP contribution is 2.22. The molecule has 3 rings (SSSR count). The van der Waals surface area contributed by atoms with Crippen molar-refractivity contribution < 1.29 is 0 Å². The van der Waals surface area contributed by atoms with Gasteiger partial charge in [0.05, 0.1) is 0 Å². The number of nitrogens with one attached hydrogen (secondary N) is 2. The fourth-order valence-electron chi connectivity index (χ4n) is 3.01. The van der Waals surface area contributed by atoms with Crippen LogP contribution in [-0.4, -0.2) is 19.6 Å². The van der Waals surface area contributed by atoms with Gasteiger partial charge in [0.25, 0.3) is 0 Å². The topological polar surface area (TPSA) is 24.1 Å². The molecule has 0 radical (unpaired) electrons. The minimum atomic E-state index is 0.207. The van der Waals surface area contributed by atoms with E-state index in [4.69, 9.17) is 0 Å². The van der Waals surface area contributed by atoms with E-state index in [0.29, 0.717) is 0 Å². The van der Waals surface area contributed by atoms with Gasteiger partial charge in [0, 0.05) is 26.2 Å². The molecule has 0 aromatic heterocycles. The molecule has 1 aliphatic heterocycles. The summed E-state index contributed by atoms with van der Waals surface area (Å²) in [4.78, 5) is 0. The highest BCUT2D eigenvalue weighted by atomic mass is 15.0. The average Bonchev–Trinajstić information content (AvgIpc) is 2.55. The van der Waals surface area contributed by atoms with Crippen LogP contribution in [-0.2, 0) is 12.0 Å². The zero-order chi connectivity index (χ0) is 17.7. The first-order valence-corrected chi connectivity index (χ1v) is 9.30. The summed E-state index contributed by atoms with van der Waals surface area (Å²) < 4.78 is 0. The van der Waals surface area contributed by atoms with Crippen molar-refractivity contribution in [2.75, 3.05) is 19.6 Å². The van der Waals surface area contributed by atoms with Crippen LogP contribution in [0.25, 0.3) is 12.2 Å². The maximum Gasteiger partial charge on any atom is 0.0205 e. The van der Waals surface area contributed by atoms with Gasteiger partial charge in [-0.3, -0.25) is 0 Å². The van der Waals surface area contributed by atoms with Crippen LogP contribution in [0.15, 0.2) is 48.5 Å². The van der Waals surface area contributed by atoms with Gasteiger partial charge in [-0.2, -0.15) is 0 Å². The van der Waals surface area contributed by atoms with Gasteiger partial charge in [0.2, 0.25) is 0 Å². The molecule has 0 unspecified atom stereocenters. The Labute approximate surface area is 152 Å². The van der Waals surface area contributed by atoms with E-state index in [2.05, 4.69) is 92.1 Å². The minimum absolute atomic E-state index is 0.207. The van der Waals surface area contributed by atoms with Gasteiger partial charge in [0.15, 0.2) is 0 Å². The highest BCUT2D eigenvalue weighted by molar-refractivity contribution is 5.70. The average molecular weight is 335 g/mol. The molecule has 132 valence electrons. The van der Waals surface area contributed by atoms with Crippen LogP contribution >= 0.6 is 0 Å². The van der Waals surface area contributed by atoms with E-state index >= 15 is 0 Å².